The lowest BCUT2D eigenvalue weighted by atomic mass is 10.1. The van der Waals surface area contributed by atoms with E-state index >= 15 is 0 Å². The molecule has 0 spiro atoms. The van der Waals surface area contributed by atoms with Crippen LogP contribution in [-0.4, -0.2) is 52.6 Å². The number of ether oxygens (including phenoxy) is 3. The van der Waals surface area contributed by atoms with Gasteiger partial charge in [-0.1, -0.05) is 12.1 Å². The number of hydrogen-bond acceptors (Lipinski definition) is 4. The van der Waals surface area contributed by atoms with Crippen LogP contribution in [0.2, 0.25) is 0 Å². The van der Waals surface area contributed by atoms with Crippen molar-refractivity contribution in [2.24, 2.45) is 4.99 Å². The molecule has 0 unspecified atom stereocenters. The molecule has 0 amide bonds. The largest absolute Gasteiger partial charge is 0.491 e. The van der Waals surface area contributed by atoms with Crippen LogP contribution in [-0.2, 0) is 16.0 Å². The van der Waals surface area contributed by atoms with Gasteiger partial charge in [0, 0.05) is 38.9 Å². The van der Waals surface area contributed by atoms with E-state index in [4.69, 9.17) is 14.2 Å². The van der Waals surface area contributed by atoms with Gasteiger partial charge in [0.05, 0.1) is 13.2 Å². The molecule has 2 N–H and O–H groups in total. The molecule has 0 aromatic heterocycles. The second-order valence-corrected chi connectivity index (χ2v) is 5.21. The Morgan fingerprint density at radius 3 is 2.44 bits per heavy atom. The fraction of sp³-hybridized carbons (Fsp3) is 0.611. The molecule has 0 aliphatic rings. The number of benzene rings is 1. The molecule has 0 saturated heterocycles. The number of rotatable bonds is 11. The highest BCUT2D eigenvalue weighted by molar-refractivity contribution is 14.0. The summed E-state index contributed by atoms with van der Waals surface area (Å²) in [5, 5.41) is 6.51. The molecule has 1 rings (SSSR count). The summed E-state index contributed by atoms with van der Waals surface area (Å²) in [6, 6.07) is 6.21. The lowest BCUT2D eigenvalue weighted by molar-refractivity contribution is 0.110. The van der Waals surface area contributed by atoms with Gasteiger partial charge in [-0.25, -0.2) is 0 Å². The normalized spacial score (nSPS) is 11.0. The second kappa shape index (κ2) is 15.2. The summed E-state index contributed by atoms with van der Waals surface area (Å²) >= 11 is 0. The van der Waals surface area contributed by atoms with E-state index in [-0.39, 0.29) is 24.0 Å². The third-order valence-corrected chi connectivity index (χ3v) is 3.32. The smallest absolute Gasteiger partial charge is 0.191 e. The molecular formula is C18H32IN3O3. The number of nitrogens with one attached hydrogen (secondary N) is 2. The van der Waals surface area contributed by atoms with Crippen LogP contribution >= 0.6 is 24.0 Å². The predicted octanol–water partition coefficient (Wildman–Crippen LogP) is 2.73. The van der Waals surface area contributed by atoms with Crippen LogP contribution in [0.4, 0.5) is 0 Å². The first-order valence-corrected chi connectivity index (χ1v) is 8.53. The van der Waals surface area contributed by atoms with Crippen LogP contribution in [0.15, 0.2) is 23.2 Å². The Labute approximate surface area is 168 Å². The molecule has 0 saturated carbocycles. The minimum Gasteiger partial charge on any atom is -0.491 e. The Morgan fingerprint density at radius 2 is 1.76 bits per heavy atom. The van der Waals surface area contributed by atoms with E-state index in [9.17, 15) is 0 Å². The van der Waals surface area contributed by atoms with Gasteiger partial charge < -0.3 is 24.8 Å². The maximum absolute atomic E-state index is 5.85. The molecular weight excluding hydrogens is 433 g/mol. The Hall–Kier alpha value is -1.06. The number of aliphatic imine (C=N–C) groups is 1. The van der Waals surface area contributed by atoms with Crippen molar-refractivity contribution in [3.8, 4) is 5.75 Å². The first-order chi connectivity index (χ1) is 11.7. The molecule has 0 atom stereocenters. The molecule has 1 aromatic carbocycles. The highest BCUT2D eigenvalue weighted by Gasteiger charge is 2.06. The third-order valence-electron chi connectivity index (χ3n) is 3.32. The van der Waals surface area contributed by atoms with E-state index in [0.29, 0.717) is 33.0 Å². The fourth-order valence-electron chi connectivity index (χ4n) is 2.08. The summed E-state index contributed by atoms with van der Waals surface area (Å²) in [5.74, 6) is 1.63. The molecule has 0 aliphatic heterocycles. The zero-order valence-corrected chi connectivity index (χ0v) is 18.1. The summed E-state index contributed by atoms with van der Waals surface area (Å²) in [4.78, 5) is 4.21. The van der Waals surface area contributed by atoms with Crippen molar-refractivity contribution < 1.29 is 14.2 Å². The molecule has 0 fully saturated rings. The summed E-state index contributed by atoms with van der Waals surface area (Å²) < 4.78 is 16.5. The van der Waals surface area contributed by atoms with Crippen LogP contribution in [0, 0.1) is 6.92 Å². The number of hydrogen-bond donors (Lipinski definition) is 2. The minimum atomic E-state index is 0. The molecule has 144 valence electrons. The lowest BCUT2D eigenvalue weighted by Gasteiger charge is -2.15. The van der Waals surface area contributed by atoms with Crippen LogP contribution in [0.25, 0.3) is 0 Å². The van der Waals surface area contributed by atoms with Gasteiger partial charge in [0.25, 0.3) is 0 Å². The quantitative estimate of drug-likeness (QED) is 0.228. The maximum atomic E-state index is 5.85. The highest BCUT2D eigenvalue weighted by atomic mass is 127. The van der Waals surface area contributed by atoms with Crippen molar-refractivity contribution in [2.45, 2.75) is 27.3 Å². The first kappa shape index (κ1) is 23.9. The molecule has 0 heterocycles. The molecule has 0 aliphatic carbocycles. The fourth-order valence-corrected chi connectivity index (χ4v) is 2.08. The summed E-state index contributed by atoms with van der Waals surface area (Å²) in [6.45, 7) is 10.6. The Bertz CT molecular complexity index is 498. The van der Waals surface area contributed by atoms with E-state index in [2.05, 4.69) is 34.7 Å². The number of halogens is 1. The van der Waals surface area contributed by atoms with Gasteiger partial charge in [0.1, 0.15) is 12.4 Å². The van der Waals surface area contributed by atoms with Crippen LogP contribution < -0.4 is 15.4 Å². The maximum Gasteiger partial charge on any atom is 0.191 e. The van der Waals surface area contributed by atoms with Gasteiger partial charge in [-0.15, -0.1) is 24.0 Å². The lowest BCUT2D eigenvalue weighted by Crippen LogP contribution is -2.38. The summed E-state index contributed by atoms with van der Waals surface area (Å²) in [6.07, 6.45) is 0. The van der Waals surface area contributed by atoms with E-state index in [1.165, 1.54) is 5.56 Å². The summed E-state index contributed by atoms with van der Waals surface area (Å²) in [7, 11) is 1.75. The van der Waals surface area contributed by atoms with E-state index < -0.39 is 0 Å². The van der Waals surface area contributed by atoms with Crippen molar-refractivity contribution in [3.05, 3.63) is 29.3 Å². The molecule has 1 aromatic rings. The molecule has 25 heavy (non-hydrogen) atoms. The van der Waals surface area contributed by atoms with E-state index in [0.717, 1.165) is 30.4 Å². The van der Waals surface area contributed by atoms with Crippen LogP contribution in [0.3, 0.4) is 0 Å². The average molecular weight is 465 g/mol. The van der Waals surface area contributed by atoms with Crippen LogP contribution in [0.1, 0.15) is 25.0 Å². The van der Waals surface area contributed by atoms with E-state index in [1.54, 1.807) is 7.05 Å². The van der Waals surface area contributed by atoms with Gasteiger partial charge in [-0.05, 0) is 32.4 Å². The Morgan fingerprint density at radius 1 is 1.04 bits per heavy atom. The van der Waals surface area contributed by atoms with E-state index in [1.807, 2.05) is 19.9 Å². The van der Waals surface area contributed by atoms with Crippen LogP contribution in [0.5, 0.6) is 5.75 Å². The van der Waals surface area contributed by atoms with Gasteiger partial charge in [0.15, 0.2) is 5.96 Å². The third kappa shape index (κ3) is 10.5. The summed E-state index contributed by atoms with van der Waals surface area (Å²) in [5.41, 5.74) is 2.26. The van der Waals surface area contributed by atoms with Gasteiger partial charge in [0.2, 0.25) is 0 Å². The van der Waals surface area contributed by atoms with Gasteiger partial charge in [-0.2, -0.15) is 0 Å². The minimum absolute atomic E-state index is 0. The SMILES string of the molecule is CCOCCNC(=NC)NCc1ccc(C)cc1OCCOCC.I. The number of guanidine groups is 1. The van der Waals surface area contributed by atoms with Crippen molar-refractivity contribution >= 4 is 29.9 Å². The monoisotopic (exact) mass is 465 g/mol. The zero-order chi connectivity index (χ0) is 17.6. The average Bonchev–Trinajstić information content (AvgIpc) is 2.59. The second-order valence-electron chi connectivity index (χ2n) is 5.21. The first-order valence-electron chi connectivity index (χ1n) is 8.53. The zero-order valence-electron chi connectivity index (χ0n) is 15.8. The van der Waals surface area contributed by atoms with Crippen molar-refractivity contribution in [1.29, 1.82) is 0 Å². The number of aryl methyl sites for hydroxylation is 1. The molecule has 7 heteroatoms. The molecule has 0 radical (unpaired) electrons. The predicted molar refractivity (Wildman–Crippen MR) is 113 cm³/mol. The highest BCUT2D eigenvalue weighted by Crippen LogP contribution is 2.20. The standard InChI is InChI=1S/C18H31N3O3.HI/c1-5-22-10-9-20-18(19-4)21-14-16-8-7-15(3)13-17(16)24-12-11-23-6-2;/h7-8,13H,5-6,9-12,14H2,1-4H3,(H2,19,20,21);1H. The Balaban J connectivity index is 0.00000576. The van der Waals surface area contributed by atoms with Gasteiger partial charge in [-0.3, -0.25) is 4.99 Å². The van der Waals surface area contributed by atoms with Crippen molar-refractivity contribution in [1.82, 2.24) is 10.6 Å². The molecule has 6 nitrogen and oxygen atoms in total. The molecule has 0 bridgehead atoms. The Kier molecular flexibility index (Phi) is 14.6. The topological polar surface area (TPSA) is 64.1 Å². The van der Waals surface area contributed by atoms with Crippen molar-refractivity contribution in [3.63, 3.8) is 0 Å². The van der Waals surface area contributed by atoms with Gasteiger partial charge >= 0.3 is 0 Å². The number of nitrogens with zero attached hydrogens (tertiary/aromatic N) is 1. The van der Waals surface area contributed by atoms with Crippen molar-refractivity contribution in [2.75, 3.05) is 46.6 Å².